The van der Waals surface area contributed by atoms with Gasteiger partial charge in [-0.3, -0.25) is 4.98 Å². The Hall–Kier alpha value is -1.13. The van der Waals surface area contributed by atoms with Gasteiger partial charge in [0.1, 0.15) is 0 Å². The minimum absolute atomic E-state index is 0.154. The number of aromatic nitrogens is 1. The highest BCUT2D eigenvalue weighted by Crippen LogP contribution is 2.27. The second kappa shape index (κ2) is 7.46. The number of hydrogen-bond acceptors (Lipinski definition) is 4. The number of nitrogens with two attached hydrogens (primary N) is 1. The van der Waals surface area contributed by atoms with E-state index in [9.17, 15) is 5.11 Å². The van der Waals surface area contributed by atoms with Gasteiger partial charge in [0.2, 0.25) is 0 Å². The maximum absolute atomic E-state index is 9.35. The van der Waals surface area contributed by atoms with Gasteiger partial charge >= 0.3 is 0 Å². The highest BCUT2D eigenvalue weighted by molar-refractivity contribution is 5.56. The SMILES string of the molecule is CCC(CC)N(CCO)c1cc(C)nc(C)c1CN. The topological polar surface area (TPSA) is 62.4 Å². The van der Waals surface area contributed by atoms with Crippen molar-refractivity contribution in [1.29, 1.82) is 0 Å². The minimum atomic E-state index is 0.154. The smallest absolute Gasteiger partial charge is 0.0606 e. The fourth-order valence-corrected chi connectivity index (χ4v) is 2.68. The van der Waals surface area contributed by atoms with Gasteiger partial charge in [0.25, 0.3) is 0 Å². The van der Waals surface area contributed by atoms with Crippen molar-refractivity contribution < 1.29 is 5.11 Å². The maximum atomic E-state index is 9.35. The third kappa shape index (κ3) is 3.67. The minimum Gasteiger partial charge on any atom is -0.395 e. The molecule has 1 aromatic heterocycles. The average Bonchev–Trinajstić information content (AvgIpc) is 2.38. The van der Waals surface area contributed by atoms with Crippen LogP contribution in [0.25, 0.3) is 0 Å². The van der Waals surface area contributed by atoms with Gasteiger partial charge in [0, 0.05) is 41.8 Å². The van der Waals surface area contributed by atoms with Gasteiger partial charge in [0.05, 0.1) is 6.61 Å². The van der Waals surface area contributed by atoms with Crippen LogP contribution in [0.15, 0.2) is 6.07 Å². The van der Waals surface area contributed by atoms with E-state index in [0.29, 0.717) is 19.1 Å². The molecule has 4 nitrogen and oxygen atoms in total. The lowest BCUT2D eigenvalue weighted by Gasteiger charge is -2.34. The quantitative estimate of drug-likeness (QED) is 0.793. The van der Waals surface area contributed by atoms with Crippen LogP contribution in [0.1, 0.15) is 43.6 Å². The molecule has 1 heterocycles. The molecule has 0 atom stereocenters. The van der Waals surface area contributed by atoms with Crippen molar-refractivity contribution in [3.8, 4) is 0 Å². The summed E-state index contributed by atoms with van der Waals surface area (Å²) >= 11 is 0. The fourth-order valence-electron chi connectivity index (χ4n) is 2.68. The largest absolute Gasteiger partial charge is 0.395 e. The van der Waals surface area contributed by atoms with Gasteiger partial charge in [-0.2, -0.15) is 0 Å². The standard InChI is InChI=1S/C15H27N3O/c1-5-13(6-2)18(7-8-19)15-9-11(3)17-12(4)14(15)10-16/h9,13,19H,5-8,10,16H2,1-4H3. The normalized spacial score (nSPS) is 11.1. The van der Waals surface area contributed by atoms with E-state index in [1.807, 2.05) is 13.8 Å². The third-order valence-electron chi connectivity index (χ3n) is 3.67. The Labute approximate surface area is 116 Å². The van der Waals surface area contributed by atoms with Crippen LogP contribution in [0, 0.1) is 13.8 Å². The lowest BCUT2D eigenvalue weighted by molar-refractivity contribution is 0.296. The van der Waals surface area contributed by atoms with Crippen molar-refractivity contribution in [3.05, 3.63) is 23.0 Å². The van der Waals surface area contributed by atoms with Crippen LogP contribution < -0.4 is 10.6 Å². The molecule has 1 aromatic rings. The van der Waals surface area contributed by atoms with Gasteiger partial charge < -0.3 is 15.7 Å². The van der Waals surface area contributed by atoms with Crippen LogP contribution in [0.5, 0.6) is 0 Å². The summed E-state index contributed by atoms with van der Waals surface area (Å²) in [6.07, 6.45) is 2.11. The number of hydrogen-bond donors (Lipinski definition) is 2. The van der Waals surface area contributed by atoms with Crippen molar-refractivity contribution in [1.82, 2.24) is 4.98 Å². The Morgan fingerprint density at radius 3 is 2.42 bits per heavy atom. The van der Waals surface area contributed by atoms with Gasteiger partial charge in [-0.1, -0.05) is 13.8 Å². The monoisotopic (exact) mass is 265 g/mol. The summed E-state index contributed by atoms with van der Waals surface area (Å²) in [5, 5.41) is 9.35. The van der Waals surface area contributed by atoms with Crippen LogP contribution in [0.3, 0.4) is 0 Å². The van der Waals surface area contributed by atoms with Crippen molar-refractivity contribution in [3.63, 3.8) is 0 Å². The molecule has 0 fully saturated rings. The third-order valence-corrected chi connectivity index (χ3v) is 3.67. The fraction of sp³-hybridized carbons (Fsp3) is 0.667. The summed E-state index contributed by atoms with van der Waals surface area (Å²) in [6, 6.07) is 2.52. The summed E-state index contributed by atoms with van der Waals surface area (Å²) in [5.74, 6) is 0. The number of rotatable bonds is 7. The molecule has 1 rings (SSSR count). The van der Waals surface area contributed by atoms with Gasteiger partial charge in [-0.25, -0.2) is 0 Å². The Morgan fingerprint density at radius 2 is 1.95 bits per heavy atom. The molecule has 3 N–H and O–H groups in total. The van der Waals surface area contributed by atoms with Crippen LogP contribution in [-0.4, -0.2) is 29.3 Å². The molecule has 4 heteroatoms. The summed E-state index contributed by atoms with van der Waals surface area (Å²) in [6.45, 7) is 9.65. The Kier molecular flexibility index (Phi) is 6.25. The van der Waals surface area contributed by atoms with Crippen molar-refractivity contribution in [2.24, 2.45) is 5.73 Å². The Morgan fingerprint density at radius 1 is 1.32 bits per heavy atom. The number of aliphatic hydroxyl groups excluding tert-OH is 1. The summed E-state index contributed by atoms with van der Waals surface area (Å²) in [5.41, 5.74) is 10.1. The van der Waals surface area contributed by atoms with Gasteiger partial charge in [-0.05, 0) is 32.8 Å². The van der Waals surface area contributed by atoms with E-state index in [1.165, 1.54) is 0 Å². The van der Waals surface area contributed by atoms with E-state index in [2.05, 4.69) is 29.8 Å². The zero-order valence-corrected chi connectivity index (χ0v) is 12.6. The summed E-state index contributed by atoms with van der Waals surface area (Å²) in [7, 11) is 0. The molecule has 0 saturated carbocycles. The second-order valence-corrected chi connectivity index (χ2v) is 4.94. The van der Waals surface area contributed by atoms with Crippen LogP contribution in [-0.2, 0) is 6.54 Å². The zero-order chi connectivity index (χ0) is 14.4. The van der Waals surface area contributed by atoms with E-state index >= 15 is 0 Å². The van der Waals surface area contributed by atoms with E-state index in [-0.39, 0.29) is 6.61 Å². The van der Waals surface area contributed by atoms with Crippen LogP contribution in [0.4, 0.5) is 5.69 Å². The molecule has 0 amide bonds. The lowest BCUT2D eigenvalue weighted by Crippen LogP contribution is -2.38. The van der Waals surface area contributed by atoms with Crippen LogP contribution in [0.2, 0.25) is 0 Å². The molecule has 0 aliphatic heterocycles. The van der Waals surface area contributed by atoms with Crippen molar-refractivity contribution in [2.75, 3.05) is 18.1 Å². The summed E-state index contributed by atoms with van der Waals surface area (Å²) < 4.78 is 0. The Bertz CT molecular complexity index is 403. The van der Waals surface area contributed by atoms with Crippen molar-refractivity contribution in [2.45, 2.75) is 53.1 Å². The first-order chi connectivity index (χ1) is 9.08. The van der Waals surface area contributed by atoms with E-state index in [4.69, 9.17) is 5.73 Å². The highest BCUT2D eigenvalue weighted by atomic mass is 16.3. The molecular weight excluding hydrogens is 238 g/mol. The van der Waals surface area contributed by atoms with Gasteiger partial charge in [0.15, 0.2) is 0 Å². The predicted molar refractivity (Wildman–Crippen MR) is 80.4 cm³/mol. The molecule has 0 aliphatic rings. The molecule has 19 heavy (non-hydrogen) atoms. The van der Waals surface area contributed by atoms with Crippen LogP contribution >= 0.6 is 0 Å². The van der Waals surface area contributed by atoms with E-state index in [1.54, 1.807) is 0 Å². The zero-order valence-electron chi connectivity index (χ0n) is 12.6. The number of aryl methyl sites for hydroxylation is 2. The van der Waals surface area contributed by atoms with Gasteiger partial charge in [-0.15, -0.1) is 0 Å². The summed E-state index contributed by atoms with van der Waals surface area (Å²) in [4.78, 5) is 6.77. The van der Waals surface area contributed by atoms with E-state index in [0.717, 1.165) is 35.5 Å². The molecule has 0 spiro atoms. The predicted octanol–water partition coefficient (Wildman–Crippen LogP) is 2.14. The second-order valence-electron chi connectivity index (χ2n) is 4.94. The maximum Gasteiger partial charge on any atom is 0.0606 e. The number of nitrogens with zero attached hydrogens (tertiary/aromatic N) is 2. The first-order valence-corrected chi connectivity index (χ1v) is 7.13. The Balaban J connectivity index is 3.28. The number of anilines is 1. The number of pyridine rings is 1. The number of aliphatic hydroxyl groups is 1. The molecular formula is C15H27N3O. The molecule has 0 saturated heterocycles. The highest BCUT2D eigenvalue weighted by Gasteiger charge is 2.19. The first-order valence-electron chi connectivity index (χ1n) is 7.13. The molecule has 0 aromatic carbocycles. The van der Waals surface area contributed by atoms with Crippen molar-refractivity contribution >= 4 is 5.69 Å². The van der Waals surface area contributed by atoms with E-state index < -0.39 is 0 Å². The molecule has 0 bridgehead atoms. The molecule has 0 unspecified atom stereocenters. The average molecular weight is 265 g/mol. The first kappa shape index (κ1) is 15.9. The molecule has 0 radical (unpaired) electrons. The molecule has 108 valence electrons. The lowest BCUT2D eigenvalue weighted by atomic mass is 10.0. The molecule has 0 aliphatic carbocycles.